The van der Waals surface area contributed by atoms with Gasteiger partial charge in [-0.25, -0.2) is 0 Å². The summed E-state index contributed by atoms with van der Waals surface area (Å²) in [5.74, 6) is 0.499. The fourth-order valence-corrected chi connectivity index (χ4v) is 1.99. The fourth-order valence-electron chi connectivity index (χ4n) is 1.99. The van der Waals surface area contributed by atoms with Gasteiger partial charge in [-0.2, -0.15) is 0 Å². The molecule has 0 amide bonds. The van der Waals surface area contributed by atoms with Crippen molar-refractivity contribution >= 4 is 5.97 Å². The van der Waals surface area contributed by atoms with Gasteiger partial charge in [-0.15, -0.1) is 0 Å². The van der Waals surface area contributed by atoms with E-state index in [1.807, 2.05) is 0 Å². The van der Waals surface area contributed by atoms with Crippen LogP contribution < -0.4 is 5.73 Å². The topological polar surface area (TPSA) is 66.6 Å². The Morgan fingerprint density at radius 2 is 1.55 bits per heavy atom. The Morgan fingerprint density at radius 1 is 1.10 bits per heavy atom. The molecule has 0 heterocycles. The van der Waals surface area contributed by atoms with Crippen molar-refractivity contribution in [1.82, 2.24) is 4.90 Å². The second kappa shape index (κ2) is 9.35. The molecule has 0 aliphatic heterocycles. The Kier molecular flexibility index (Phi) is 9.06. The highest BCUT2D eigenvalue weighted by Crippen LogP contribution is 2.12. The van der Waals surface area contributed by atoms with E-state index in [0.717, 1.165) is 26.1 Å². The molecular formula is C16H34N2O2. The Hall–Kier alpha value is -0.610. The first-order valence-corrected chi connectivity index (χ1v) is 7.89. The van der Waals surface area contributed by atoms with Gasteiger partial charge in [0.1, 0.15) is 5.54 Å². The number of nitrogens with two attached hydrogens (primary N) is 1. The summed E-state index contributed by atoms with van der Waals surface area (Å²) in [7, 11) is 0. The van der Waals surface area contributed by atoms with Crippen LogP contribution in [-0.4, -0.2) is 41.1 Å². The number of aliphatic carboxylic acids is 1. The van der Waals surface area contributed by atoms with Crippen molar-refractivity contribution in [2.75, 3.05) is 19.6 Å². The maximum absolute atomic E-state index is 11.0. The van der Waals surface area contributed by atoms with Gasteiger partial charge in [0.05, 0.1) is 0 Å². The van der Waals surface area contributed by atoms with Crippen LogP contribution in [0.25, 0.3) is 0 Å². The lowest BCUT2D eigenvalue weighted by atomic mass is 9.97. The Bertz CT molecular complexity index is 264. The van der Waals surface area contributed by atoms with E-state index < -0.39 is 11.5 Å². The Morgan fingerprint density at radius 3 is 1.90 bits per heavy atom. The monoisotopic (exact) mass is 286 g/mol. The number of carboxylic acids is 1. The van der Waals surface area contributed by atoms with E-state index >= 15 is 0 Å². The minimum Gasteiger partial charge on any atom is -0.480 e. The molecule has 0 aromatic rings. The first-order valence-electron chi connectivity index (χ1n) is 7.89. The fraction of sp³-hybridized carbons (Fsp3) is 0.938. The first kappa shape index (κ1) is 19.4. The van der Waals surface area contributed by atoms with Crippen LogP contribution in [0.15, 0.2) is 0 Å². The van der Waals surface area contributed by atoms with Crippen LogP contribution in [0.2, 0.25) is 0 Å². The van der Waals surface area contributed by atoms with E-state index in [9.17, 15) is 4.79 Å². The van der Waals surface area contributed by atoms with E-state index in [4.69, 9.17) is 10.8 Å². The third-order valence-electron chi connectivity index (χ3n) is 3.70. The molecule has 1 atom stereocenters. The van der Waals surface area contributed by atoms with Crippen molar-refractivity contribution in [3.05, 3.63) is 0 Å². The number of hydrogen-bond acceptors (Lipinski definition) is 3. The summed E-state index contributed by atoms with van der Waals surface area (Å²) in [6, 6.07) is 0. The van der Waals surface area contributed by atoms with E-state index in [2.05, 4.69) is 32.6 Å². The highest BCUT2D eigenvalue weighted by molar-refractivity contribution is 5.77. The van der Waals surface area contributed by atoms with Crippen LogP contribution in [-0.2, 0) is 4.79 Å². The van der Waals surface area contributed by atoms with Crippen molar-refractivity contribution in [2.45, 2.75) is 65.8 Å². The molecule has 120 valence electrons. The minimum absolute atomic E-state index is 0.530. The molecule has 4 nitrogen and oxygen atoms in total. The van der Waals surface area contributed by atoms with Gasteiger partial charge in [-0.3, -0.25) is 4.79 Å². The van der Waals surface area contributed by atoms with Crippen molar-refractivity contribution in [3.63, 3.8) is 0 Å². The number of carbonyl (C=O) groups is 1. The van der Waals surface area contributed by atoms with Crippen LogP contribution in [0.3, 0.4) is 0 Å². The van der Waals surface area contributed by atoms with Gasteiger partial charge >= 0.3 is 5.97 Å². The zero-order valence-electron chi connectivity index (χ0n) is 14.0. The van der Waals surface area contributed by atoms with Gasteiger partial charge in [0.15, 0.2) is 0 Å². The lowest BCUT2D eigenvalue weighted by Crippen LogP contribution is -2.45. The van der Waals surface area contributed by atoms with Crippen LogP contribution >= 0.6 is 0 Å². The van der Waals surface area contributed by atoms with E-state index in [-0.39, 0.29) is 0 Å². The molecule has 0 saturated heterocycles. The Balaban J connectivity index is 4.17. The van der Waals surface area contributed by atoms with Gasteiger partial charge in [0.2, 0.25) is 0 Å². The molecule has 0 aliphatic carbocycles. The standard InChI is InChI=1S/C16H34N2O2/c1-13(2)7-11-18(12-8-14(3)4)10-6-9-16(5,17)15(19)20/h13-14H,6-12,17H2,1-5H3,(H,19,20). The van der Waals surface area contributed by atoms with Crippen LogP contribution in [0.4, 0.5) is 0 Å². The molecule has 1 unspecified atom stereocenters. The molecule has 0 aliphatic rings. The average Bonchev–Trinajstić information content (AvgIpc) is 2.31. The molecule has 0 bridgehead atoms. The molecule has 0 saturated carbocycles. The van der Waals surface area contributed by atoms with Crippen molar-refractivity contribution in [3.8, 4) is 0 Å². The number of nitrogens with zero attached hydrogens (tertiary/aromatic N) is 1. The van der Waals surface area contributed by atoms with Crippen molar-refractivity contribution < 1.29 is 9.90 Å². The predicted octanol–water partition coefficient (Wildman–Crippen LogP) is 2.96. The lowest BCUT2D eigenvalue weighted by Gasteiger charge is -2.26. The predicted molar refractivity (Wildman–Crippen MR) is 84.8 cm³/mol. The normalized spacial score (nSPS) is 15.1. The van der Waals surface area contributed by atoms with E-state index in [1.165, 1.54) is 12.8 Å². The lowest BCUT2D eigenvalue weighted by molar-refractivity contribution is -0.142. The molecule has 0 aromatic carbocycles. The van der Waals surface area contributed by atoms with Crippen molar-refractivity contribution in [1.29, 1.82) is 0 Å². The molecule has 0 radical (unpaired) electrons. The first-order chi connectivity index (χ1) is 9.15. The van der Waals surface area contributed by atoms with Gasteiger partial charge in [-0.05, 0) is 64.1 Å². The van der Waals surface area contributed by atoms with Gasteiger partial charge in [0.25, 0.3) is 0 Å². The molecule has 4 heteroatoms. The average molecular weight is 286 g/mol. The van der Waals surface area contributed by atoms with Crippen LogP contribution in [0.5, 0.6) is 0 Å². The van der Waals surface area contributed by atoms with Gasteiger partial charge in [0, 0.05) is 0 Å². The highest BCUT2D eigenvalue weighted by Gasteiger charge is 2.27. The van der Waals surface area contributed by atoms with E-state index in [1.54, 1.807) is 6.92 Å². The SMILES string of the molecule is CC(C)CCN(CCCC(C)(N)C(=O)O)CCC(C)C. The molecule has 0 rings (SSSR count). The second-order valence-electron chi connectivity index (χ2n) is 7.03. The summed E-state index contributed by atoms with van der Waals surface area (Å²) >= 11 is 0. The van der Waals surface area contributed by atoms with Gasteiger partial charge < -0.3 is 15.7 Å². The molecule has 0 aromatic heterocycles. The molecule has 3 N–H and O–H groups in total. The number of rotatable bonds is 11. The summed E-state index contributed by atoms with van der Waals surface area (Å²) in [6.45, 7) is 13.7. The maximum atomic E-state index is 11.0. The van der Waals surface area contributed by atoms with Crippen LogP contribution in [0.1, 0.15) is 60.3 Å². The molecular weight excluding hydrogens is 252 g/mol. The van der Waals surface area contributed by atoms with Gasteiger partial charge in [-0.1, -0.05) is 27.7 Å². The summed E-state index contributed by atoms with van der Waals surface area (Å²) in [5, 5.41) is 9.02. The maximum Gasteiger partial charge on any atom is 0.323 e. The largest absolute Gasteiger partial charge is 0.480 e. The number of hydrogen-bond donors (Lipinski definition) is 2. The molecule has 20 heavy (non-hydrogen) atoms. The molecule has 0 spiro atoms. The second-order valence-corrected chi connectivity index (χ2v) is 7.03. The zero-order chi connectivity index (χ0) is 15.8. The van der Waals surface area contributed by atoms with E-state index in [0.29, 0.717) is 18.3 Å². The van der Waals surface area contributed by atoms with Crippen LogP contribution in [0, 0.1) is 11.8 Å². The summed E-state index contributed by atoms with van der Waals surface area (Å²) in [6.07, 6.45) is 3.76. The summed E-state index contributed by atoms with van der Waals surface area (Å²) in [4.78, 5) is 13.4. The Labute approximate surface area is 124 Å². The van der Waals surface area contributed by atoms with Crippen molar-refractivity contribution in [2.24, 2.45) is 17.6 Å². The third-order valence-corrected chi connectivity index (χ3v) is 3.70. The number of carboxylic acid groups (broad SMARTS) is 1. The summed E-state index contributed by atoms with van der Waals surface area (Å²) in [5.41, 5.74) is 4.68. The molecule has 0 fully saturated rings. The summed E-state index contributed by atoms with van der Waals surface area (Å²) < 4.78 is 0. The quantitative estimate of drug-likeness (QED) is 0.613. The minimum atomic E-state index is -1.10. The highest BCUT2D eigenvalue weighted by atomic mass is 16.4. The zero-order valence-corrected chi connectivity index (χ0v) is 14.0. The third kappa shape index (κ3) is 9.32. The smallest absolute Gasteiger partial charge is 0.323 e.